The molecule has 106 valence electrons. The monoisotopic (exact) mass is 290 g/mol. The fourth-order valence-corrected chi connectivity index (χ4v) is 3.23. The van der Waals surface area contributed by atoms with E-state index >= 15 is 0 Å². The lowest BCUT2D eigenvalue weighted by atomic mass is 9.88. The molecule has 0 heterocycles. The fourth-order valence-electron chi connectivity index (χ4n) is 2.67. The summed E-state index contributed by atoms with van der Waals surface area (Å²) in [5.41, 5.74) is 7.81. The van der Waals surface area contributed by atoms with E-state index in [0.717, 1.165) is 16.7 Å². The molecule has 0 bridgehead atoms. The SMILES string of the molecule is Cc1ccc(F)cc1C(Cl)c1c(C)c(C)cc(C)c1C. The van der Waals surface area contributed by atoms with Gasteiger partial charge in [-0.2, -0.15) is 0 Å². The van der Waals surface area contributed by atoms with Gasteiger partial charge in [0.2, 0.25) is 0 Å². The van der Waals surface area contributed by atoms with Crippen molar-refractivity contribution in [3.05, 3.63) is 69.0 Å². The lowest BCUT2D eigenvalue weighted by molar-refractivity contribution is 0.625. The van der Waals surface area contributed by atoms with Crippen LogP contribution in [0.1, 0.15) is 44.3 Å². The Hall–Kier alpha value is -1.34. The molecule has 0 N–H and O–H groups in total. The van der Waals surface area contributed by atoms with Crippen molar-refractivity contribution in [1.82, 2.24) is 0 Å². The van der Waals surface area contributed by atoms with E-state index in [1.165, 1.54) is 28.3 Å². The molecule has 0 saturated heterocycles. The highest BCUT2D eigenvalue weighted by atomic mass is 35.5. The summed E-state index contributed by atoms with van der Waals surface area (Å²) in [5, 5.41) is -0.315. The first-order valence-corrected chi connectivity index (χ1v) is 7.24. The van der Waals surface area contributed by atoms with E-state index in [1.807, 2.05) is 6.92 Å². The largest absolute Gasteiger partial charge is 0.207 e. The summed E-state index contributed by atoms with van der Waals surface area (Å²) in [6.07, 6.45) is 0. The van der Waals surface area contributed by atoms with E-state index in [4.69, 9.17) is 11.6 Å². The van der Waals surface area contributed by atoms with E-state index in [2.05, 4.69) is 33.8 Å². The van der Waals surface area contributed by atoms with E-state index < -0.39 is 0 Å². The zero-order valence-corrected chi connectivity index (χ0v) is 13.4. The molecule has 2 aromatic carbocycles. The second-order valence-electron chi connectivity index (χ2n) is 5.54. The van der Waals surface area contributed by atoms with Gasteiger partial charge in [-0.3, -0.25) is 0 Å². The molecule has 0 aliphatic rings. The van der Waals surface area contributed by atoms with Crippen molar-refractivity contribution in [2.24, 2.45) is 0 Å². The van der Waals surface area contributed by atoms with Crippen LogP contribution in [-0.4, -0.2) is 0 Å². The van der Waals surface area contributed by atoms with Gasteiger partial charge in [-0.1, -0.05) is 12.1 Å². The minimum absolute atomic E-state index is 0.240. The normalized spacial score (nSPS) is 12.6. The molecule has 0 amide bonds. The van der Waals surface area contributed by atoms with E-state index in [9.17, 15) is 4.39 Å². The van der Waals surface area contributed by atoms with Crippen LogP contribution in [0.15, 0.2) is 24.3 Å². The Morgan fingerprint density at radius 3 is 1.95 bits per heavy atom. The van der Waals surface area contributed by atoms with Crippen LogP contribution < -0.4 is 0 Å². The van der Waals surface area contributed by atoms with Crippen molar-refractivity contribution < 1.29 is 4.39 Å². The Balaban J connectivity index is 2.65. The molecule has 2 aromatic rings. The number of benzene rings is 2. The van der Waals surface area contributed by atoms with Crippen LogP contribution in [0.2, 0.25) is 0 Å². The number of alkyl halides is 1. The Bertz CT molecular complexity index is 633. The molecule has 0 nitrogen and oxygen atoms in total. The van der Waals surface area contributed by atoms with Crippen molar-refractivity contribution in [2.75, 3.05) is 0 Å². The minimum atomic E-state index is -0.315. The van der Waals surface area contributed by atoms with Crippen LogP contribution in [0, 0.1) is 40.4 Å². The third-order valence-corrected chi connectivity index (χ3v) is 4.65. The van der Waals surface area contributed by atoms with Gasteiger partial charge in [0.1, 0.15) is 5.82 Å². The molecular formula is C18H20ClF. The Morgan fingerprint density at radius 1 is 0.850 bits per heavy atom. The number of hydrogen-bond donors (Lipinski definition) is 0. The molecule has 0 radical (unpaired) electrons. The fraction of sp³-hybridized carbons (Fsp3) is 0.333. The first kappa shape index (κ1) is 15.1. The average molecular weight is 291 g/mol. The molecule has 0 aromatic heterocycles. The molecular weight excluding hydrogens is 271 g/mol. The Labute approximate surface area is 125 Å². The molecule has 20 heavy (non-hydrogen) atoms. The molecule has 0 saturated carbocycles. The van der Waals surface area contributed by atoms with Crippen LogP contribution in [0.4, 0.5) is 4.39 Å². The molecule has 2 heteroatoms. The van der Waals surface area contributed by atoms with E-state index in [-0.39, 0.29) is 11.2 Å². The number of hydrogen-bond acceptors (Lipinski definition) is 0. The smallest absolute Gasteiger partial charge is 0.123 e. The van der Waals surface area contributed by atoms with Gasteiger partial charge < -0.3 is 0 Å². The minimum Gasteiger partial charge on any atom is -0.207 e. The highest BCUT2D eigenvalue weighted by molar-refractivity contribution is 6.23. The van der Waals surface area contributed by atoms with E-state index in [1.54, 1.807) is 12.1 Å². The third-order valence-electron chi connectivity index (χ3n) is 4.19. The van der Waals surface area contributed by atoms with Gasteiger partial charge in [0.15, 0.2) is 0 Å². The van der Waals surface area contributed by atoms with Crippen molar-refractivity contribution >= 4 is 11.6 Å². The highest BCUT2D eigenvalue weighted by Crippen LogP contribution is 2.37. The van der Waals surface area contributed by atoms with Crippen molar-refractivity contribution in [2.45, 2.75) is 40.0 Å². The third kappa shape index (κ3) is 2.60. The van der Waals surface area contributed by atoms with Gasteiger partial charge in [-0.05, 0) is 85.7 Å². The summed E-state index contributed by atoms with van der Waals surface area (Å²) in [4.78, 5) is 0. The number of aryl methyl sites for hydroxylation is 3. The van der Waals surface area contributed by atoms with Gasteiger partial charge in [0.25, 0.3) is 0 Å². The van der Waals surface area contributed by atoms with Crippen molar-refractivity contribution in [1.29, 1.82) is 0 Å². The predicted molar refractivity (Wildman–Crippen MR) is 84.2 cm³/mol. The maximum Gasteiger partial charge on any atom is 0.123 e. The molecule has 2 rings (SSSR count). The first-order chi connectivity index (χ1) is 9.32. The molecule has 0 spiro atoms. The number of halogens is 2. The zero-order valence-electron chi connectivity index (χ0n) is 12.6. The van der Waals surface area contributed by atoms with Crippen molar-refractivity contribution in [3.8, 4) is 0 Å². The molecule has 1 atom stereocenters. The highest BCUT2D eigenvalue weighted by Gasteiger charge is 2.20. The van der Waals surface area contributed by atoms with Gasteiger partial charge in [-0.15, -0.1) is 11.6 Å². The van der Waals surface area contributed by atoms with Crippen LogP contribution in [0.25, 0.3) is 0 Å². The molecule has 0 aliphatic carbocycles. The predicted octanol–water partition coefficient (Wildman–Crippen LogP) is 5.70. The lowest BCUT2D eigenvalue weighted by Crippen LogP contribution is -2.05. The van der Waals surface area contributed by atoms with Crippen LogP contribution in [0.3, 0.4) is 0 Å². The maximum absolute atomic E-state index is 13.5. The summed E-state index contributed by atoms with van der Waals surface area (Å²) < 4.78 is 13.5. The summed E-state index contributed by atoms with van der Waals surface area (Å²) in [6.45, 7) is 10.3. The van der Waals surface area contributed by atoms with Gasteiger partial charge in [0.05, 0.1) is 5.38 Å². The van der Waals surface area contributed by atoms with Crippen LogP contribution in [0.5, 0.6) is 0 Å². The summed E-state index contributed by atoms with van der Waals surface area (Å²) >= 11 is 6.70. The summed E-state index contributed by atoms with van der Waals surface area (Å²) in [6, 6.07) is 6.98. The second-order valence-corrected chi connectivity index (χ2v) is 5.97. The average Bonchev–Trinajstić information content (AvgIpc) is 2.39. The number of rotatable bonds is 2. The Kier molecular flexibility index (Phi) is 4.19. The quantitative estimate of drug-likeness (QED) is 0.623. The summed E-state index contributed by atoms with van der Waals surface area (Å²) in [7, 11) is 0. The van der Waals surface area contributed by atoms with Gasteiger partial charge >= 0.3 is 0 Å². The molecule has 0 fully saturated rings. The van der Waals surface area contributed by atoms with Gasteiger partial charge in [-0.25, -0.2) is 4.39 Å². The van der Waals surface area contributed by atoms with E-state index in [0.29, 0.717) is 0 Å². The second kappa shape index (κ2) is 5.57. The molecule has 0 aliphatic heterocycles. The Morgan fingerprint density at radius 2 is 1.40 bits per heavy atom. The first-order valence-electron chi connectivity index (χ1n) is 6.80. The lowest BCUT2D eigenvalue weighted by Gasteiger charge is -2.21. The van der Waals surface area contributed by atoms with Crippen LogP contribution in [-0.2, 0) is 0 Å². The van der Waals surface area contributed by atoms with Gasteiger partial charge in [0, 0.05) is 0 Å². The molecule has 1 unspecified atom stereocenters. The maximum atomic E-state index is 13.5. The van der Waals surface area contributed by atoms with Crippen molar-refractivity contribution in [3.63, 3.8) is 0 Å². The zero-order chi connectivity index (χ0) is 15.0. The summed E-state index contributed by atoms with van der Waals surface area (Å²) in [5.74, 6) is -0.240. The topological polar surface area (TPSA) is 0 Å². The van der Waals surface area contributed by atoms with Crippen LogP contribution >= 0.6 is 11.6 Å². The standard InChI is InChI=1S/C18H20ClF/c1-10-6-7-15(20)9-16(10)18(19)17-13(4)11(2)8-12(3)14(17)5/h6-9,18H,1-5H3.